The van der Waals surface area contributed by atoms with Crippen LogP contribution >= 0.6 is 0 Å². The lowest BCUT2D eigenvalue weighted by Crippen LogP contribution is -2.46. The molecule has 0 saturated carbocycles. The highest BCUT2D eigenvalue weighted by Crippen LogP contribution is 2.09. The summed E-state index contributed by atoms with van der Waals surface area (Å²) in [5.74, 6) is 0. The molecule has 1 N–H and O–H groups in total. The molecule has 0 atom stereocenters. The van der Waals surface area contributed by atoms with Crippen molar-refractivity contribution in [1.29, 1.82) is 0 Å². The lowest BCUT2D eigenvalue weighted by atomic mass is 10.1. The van der Waals surface area contributed by atoms with Crippen LogP contribution in [0.2, 0.25) is 0 Å². The summed E-state index contributed by atoms with van der Waals surface area (Å²) in [6, 6.07) is 8.82. The topological polar surface area (TPSA) is 35.9 Å². The average molecular weight is 278 g/mol. The van der Waals surface area contributed by atoms with Crippen LogP contribution in [0, 0.1) is 6.92 Å². The van der Waals surface area contributed by atoms with Gasteiger partial charge in [-0.3, -0.25) is 9.80 Å². The molecule has 1 heterocycles. The second-order valence-corrected chi connectivity index (χ2v) is 5.44. The smallest absolute Gasteiger partial charge is 0.0698 e. The summed E-state index contributed by atoms with van der Waals surface area (Å²) in [6.45, 7) is 9.88. The molecule has 20 heavy (non-hydrogen) atoms. The van der Waals surface area contributed by atoms with Crippen LogP contribution in [0.25, 0.3) is 0 Å². The minimum Gasteiger partial charge on any atom is -0.394 e. The van der Waals surface area contributed by atoms with Gasteiger partial charge in [0.2, 0.25) is 0 Å². The fraction of sp³-hybridized carbons (Fsp3) is 0.625. The SMILES string of the molecule is Cc1ccc(CN2CCN(CCOCCO)CC2)cc1. The highest BCUT2D eigenvalue weighted by atomic mass is 16.5. The van der Waals surface area contributed by atoms with Gasteiger partial charge in [-0.15, -0.1) is 0 Å². The van der Waals surface area contributed by atoms with Crippen molar-refractivity contribution in [3.63, 3.8) is 0 Å². The van der Waals surface area contributed by atoms with Crippen molar-refractivity contribution in [2.75, 3.05) is 52.5 Å². The van der Waals surface area contributed by atoms with Crippen molar-refractivity contribution in [3.05, 3.63) is 35.4 Å². The number of rotatable bonds is 7. The van der Waals surface area contributed by atoms with Crippen LogP contribution < -0.4 is 0 Å². The third kappa shape index (κ3) is 5.21. The average Bonchev–Trinajstić information content (AvgIpc) is 2.48. The van der Waals surface area contributed by atoms with Gasteiger partial charge in [-0.05, 0) is 12.5 Å². The van der Waals surface area contributed by atoms with E-state index in [9.17, 15) is 0 Å². The molecule has 1 fully saturated rings. The van der Waals surface area contributed by atoms with Gasteiger partial charge in [-0.25, -0.2) is 0 Å². The number of ether oxygens (including phenoxy) is 1. The number of hydrogen-bond acceptors (Lipinski definition) is 4. The molecular weight excluding hydrogens is 252 g/mol. The number of aliphatic hydroxyl groups excluding tert-OH is 1. The van der Waals surface area contributed by atoms with E-state index in [1.54, 1.807) is 0 Å². The summed E-state index contributed by atoms with van der Waals surface area (Å²) in [6.07, 6.45) is 0. The third-order valence-corrected chi connectivity index (χ3v) is 3.78. The highest BCUT2D eigenvalue weighted by Gasteiger charge is 2.16. The predicted molar refractivity (Wildman–Crippen MR) is 80.8 cm³/mol. The summed E-state index contributed by atoms with van der Waals surface area (Å²) in [4.78, 5) is 4.94. The molecule has 0 aromatic heterocycles. The fourth-order valence-corrected chi connectivity index (χ4v) is 2.48. The molecule has 4 heteroatoms. The Morgan fingerprint density at radius 1 is 1.00 bits per heavy atom. The minimum absolute atomic E-state index is 0.115. The summed E-state index contributed by atoms with van der Waals surface area (Å²) < 4.78 is 5.31. The van der Waals surface area contributed by atoms with Crippen LogP contribution in [0.15, 0.2) is 24.3 Å². The van der Waals surface area contributed by atoms with Gasteiger partial charge in [0.05, 0.1) is 19.8 Å². The van der Waals surface area contributed by atoms with E-state index in [1.165, 1.54) is 11.1 Å². The van der Waals surface area contributed by atoms with E-state index < -0.39 is 0 Å². The molecule has 0 radical (unpaired) electrons. The molecule has 0 aliphatic carbocycles. The quantitative estimate of drug-likeness (QED) is 0.758. The van der Waals surface area contributed by atoms with Crippen molar-refractivity contribution >= 4 is 0 Å². The van der Waals surface area contributed by atoms with Crippen LogP contribution in [0.1, 0.15) is 11.1 Å². The number of hydrogen-bond donors (Lipinski definition) is 1. The van der Waals surface area contributed by atoms with Crippen LogP contribution in [-0.2, 0) is 11.3 Å². The molecule has 112 valence electrons. The minimum atomic E-state index is 0.115. The Morgan fingerprint density at radius 3 is 2.30 bits per heavy atom. The summed E-state index contributed by atoms with van der Waals surface area (Å²) in [5, 5.41) is 8.65. The Labute approximate surface area is 122 Å². The molecule has 1 aliphatic rings. The Kier molecular flexibility index (Phi) is 6.47. The molecule has 0 bridgehead atoms. The van der Waals surface area contributed by atoms with Crippen LogP contribution in [0.5, 0.6) is 0 Å². The number of aryl methyl sites for hydroxylation is 1. The van der Waals surface area contributed by atoms with E-state index in [-0.39, 0.29) is 6.61 Å². The molecule has 1 aromatic rings. The highest BCUT2D eigenvalue weighted by molar-refractivity contribution is 5.21. The van der Waals surface area contributed by atoms with E-state index >= 15 is 0 Å². The van der Waals surface area contributed by atoms with Crippen LogP contribution in [-0.4, -0.2) is 67.5 Å². The fourth-order valence-electron chi connectivity index (χ4n) is 2.48. The largest absolute Gasteiger partial charge is 0.394 e. The molecule has 0 amide bonds. The molecule has 0 spiro atoms. The first-order chi connectivity index (χ1) is 9.78. The Hall–Kier alpha value is -0.940. The molecule has 0 unspecified atom stereocenters. The standard InChI is InChI=1S/C16H26N2O2/c1-15-2-4-16(5-3-15)14-18-8-6-17(7-9-18)10-12-20-13-11-19/h2-5,19H,6-14H2,1H3. The maximum absolute atomic E-state index is 8.65. The zero-order chi connectivity index (χ0) is 14.2. The molecule has 4 nitrogen and oxygen atoms in total. The summed E-state index contributed by atoms with van der Waals surface area (Å²) >= 11 is 0. The first-order valence-corrected chi connectivity index (χ1v) is 7.47. The van der Waals surface area contributed by atoms with E-state index in [0.717, 1.165) is 45.9 Å². The van der Waals surface area contributed by atoms with Gasteiger partial charge < -0.3 is 9.84 Å². The van der Waals surface area contributed by atoms with E-state index in [0.29, 0.717) is 6.61 Å². The molecule has 1 aliphatic heterocycles. The lowest BCUT2D eigenvalue weighted by molar-refractivity contribution is 0.0564. The second kappa shape index (κ2) is 8.37. The molecular formula is C16H26N2O2. The van der Waals surface area contributed by atoms with Gasteiger partial charge in [0.15, 0.2) is 0 Å². The number of nitrogens with zero attached hydrogens (tertiary/aromatic N) is 2. The van der Waals surface area contributed by atoms with Gasteiger partial charge in [0.1, 0.15) is 0 Å². The summed E-state index contributed by atoms with van der Waals surface area (Å²) in [5.41, 5.74) is 2.72. The number of piperazine rings is 1. The zero-order valence-electron chi connectivity index (χ0n) is 12.4. The number of benzene rings is 1. The second-order valence-electron chi connectivity index (χ2n) is 5.44. The Bertz CT molecular complexity index is 373. The van der Waals surface area contributed by atoms with E-state index in [1.807, 2.05) is 0 Å². The van der Waals surface area contributed by atoms with E-state index in [4.69, 9.17) is 9.84 Å². The van der Waals surface area contributed by atoms with Gasteiger partial charge in [-0.1, -0.05) is 29.8 Å². The monoisotopic (exact) mass is 278 g/mol. The van der Waals surface area contributed by atoms with Crippen molar-refractivity contribution in [2.24, 2.45) is 0 Å². The van der Waals surface area contributed by atoms with E-state index in [2.05, 4.69) is 41.0 Å². The normalized spacial score (nSPS) is 17.5. The van der Waals surface area contributed by atoms with Crippen molar-refractivity contribution < 1.29 is 9.84 Å². The maximum Gasteiger partial charge on any atom is 0.0698 e. The Balaban J connectivity index is 1.65. The number of aliphatic hydroxyl groups is 1. The first-order valence-electron chi connectivity index (χ1n) is 7.47. The molecule has 1 saturated heterocycles. The van der Waals surface area contributed by atoms with Crippen LogP contribution in [0.4, 0.5) is 0 Å². The zero-order valence-corrected chi connectivity index (χ0v) is 12.4. The summed E-state index contributed by atoms with van der Waals surface area (Å²) in [7, 11) is 0. The molecule has 2 rings (SSSR count). The maximum atomic E-state index is 8.65. The molecule has 1 aromatic carbocycles. The Morgan fingerprint density at radius 2 is 1.65 bits per heavy atom. The van der Waals surface area contributed by atoms with Crippen LogP contribution in [0.3, 0.4) is 0 Å². The third-order valence-electron chi connectivity index (χ3n) is 3.78. The van der Waals surface area contributed by atoms with Gasteiger partial charge in [0.25, 0.3) is 0 Å². The lowest BCUT2D eigenvalue weighted by Gasteiger charge is -2.34. The van der Waals surface area contributed by atoms with Gasteiger partial charge in [0, 0.05) is 39.3 Å². The van der Waals surface area contributed by atoms with Crippen molar-refractivity contribution in [2.45, 2.75) is 13.5 Å². The first kappa shape index (κ1) is 15.4. The van der Waals surface area contributed by atoms with Gasteiger partial charge in [-0.2, -0.15) is 0 Å². The van der Waals surface area contributed by atoms with Crippen molar-refractivity contribution in [1.82, 2.24) is 9.80 Å². The van der Waals surface area contributed by atoms with Gasteiger partial charge >= 0.3 is 0 Å². The predicted octanol–water partition coefficient (Wildman–Crippen LogP) is 1.12. The van der Waals surface area contributed by atoms with Crippen molar-refractivity contribution in [3.8, 4) is 0 Å².